The highest BCUT2D eigenvalue weighted by molar-refractivity contribution is 5.76. The molecule has 2 aliphatic heterocycles. The Balaban J connectivity index is 1.35. The Morgan fingerprint density at radius 2 is 1.71 bits per heavy atom. The zero-order valence-corrected chi connectivity index (χ0v) is 13.0. The van der Waals surface area contributed by atoms with E-state index in [2.05, 4.69) is 22.0 Å². The number of allylic oxidation sites excluding steroid dienone is 2. The first-order chi connectivity index (χ1) is 10.3. The third kappa shape index (κ3) is 3.03. The maximum atomic E-state index is 12.3. The normalized spacial score (nSPS) is 37.6. The SMILES string of the molecule is O=C1CCC(N2C[C@H]3CC=CC[C@H]3C2)CCN1CC1CC1. The first kappa shape index (κ1) is 13.8. The van der Waals surface area contributed by atoms with Gasteiger partial charge < -0.3 is 4.90 Å². The highest BCUT2D eigenvalue weighted by atomic mass is 16.2. The van der Waals surface area contributed by atoms with Gasteiger partial charge in [0.1, 0.15) is 0 Å². The first-order valence-electron chi connectivity index (χ1n) is 8.96. The quantitative estimate of drug-likeness (QED) is 0.746. The summed E-state index contributed by atoms with van der Waals surface area (Å²) < 4.78 is 0. The first-order valence-corrected chi connectivity index (χ1v) is 8.96. The minimum Gasteiger partial charge on any atom is -0.342 e. The summed E-state index contributed by atoms with van der Waals surface area (Å²) in [6.07, 6.45) is 13.1. The molecule has 3 fully saturated rings. The molecule has 3 heteroatoms. The molecule has 3 atom stereocenters. The molecule has 0 spiro atoms. The van der Waals surface area contributed by atoms with Gasteiger partial charge in [0.05, 0.1) is 0 Å². The molecule has 4 aliphatic rings. The van der Waals surface area contributed by atoms with Crippen molar-refractivity contribution < 1.29 is 4.79 Å². The van der Waals surface area contributed by atoms with Crippen LogP contribution < -0.4 is 0 Å². The Hall–Kier alpha value is -0.830. The van der Waals surface area contributed by atoms with E-state index in [0.717, 1.165) is 43.7 Å². The Morgan fingerprint density at radius 3 is 2.38 bits per heavy atom. The van der Waals surface area contributed by atoms with E-state index in [4.69, 9.17) is 0 Å². The predicted molar refractivity (Wildman–Crippen MR) is 83.9 cm³/mol. The lowest BCUT2D eigenvalue weighted by Crippen LogP contribution is -2.35. The Morgan fingerprint density at radius 1 is 1.00 bits per heavy atom. The van der Waals surface area contributed by atoms with Gasteiger partial charge in [0, 0.05) is 38.6 Å². The summed E-state index contributed by atoms with van der Waals surface area (Å²) in [5, 5.41) is 0. The van der Waals surface area contributed by atoms with Crippen LogP contribution in [0.15, 0.2) is 12.2 Å². The minimum absolute atomic E-state index is 0.419. The van der Waals surface area contributed by atoms with Gasteiger partial charge in [0.25, 0.3) is 0 Å². The Kier molecular flexibility index (Phi) is 3.78. The molecule has 1 saturated carbocycles. The highest BCUT2D eigenvalue weighted by Crippen LogP contribution is 2.36. The second kappa shape index (κ2) is 5.75. The fourth-order valence-corrected chi connectivity index (χ4v) is 4.54. The molecule has 2 aliphatic carbocycles. The standard InChI is InChI=1S/C18H28N2O/c21-18-8-7-17(9-10-19(18)11-14-5-6-14)20-12-15-3-1-2-4-16(15)13-20/h1-2,14-17H,3-13H2/t15-,16+,17?. The summed E-state index contributed by atoms with van der Waals surface area (Å²) in [5.41, 5.74) is 0. The van der Waals surface area contributed by atoms with Crippen LogP contribution in [0, 0.1) is 17.8 Å². The van der Waals surface area contributed by atoms with Crippen LogP contribution >= 0.6 is 0 Å². The number of likely N-dealkylation sites (tertiary alicyclic amines) is 2. The van der Waals surface area contributed by atoms with E-state index in [1.54, 1.807) is 0 Å². The van der Waals surface area contributed by atoms with Gasteiger partial charge in [-0.1, -0.05) is 12.2 Å². The molecule has 3 nitrogen and oxygen atoms in total. The molecular weight excluding hydrogens is 260 g/mol. The van der Waals surface area contributed by atoms with Crippen LogP contribution in [0.2, 0.25) is 0 Å². The molecule has 0 bridgehead atoms. The van der Waals surface area contributed by atoms with Gasteiger partial charge in [-0.3, -0.25) is 9.69 Å². The molecule has 4 rings (SSSR count). The monoisotopic (exact) mass is 288 g/mol. The van der Waals surface area contributed by atoms with Crippen molar-refractivity contribution in [3.63, 3.8) is 0 Å². The van der Waals surface area contributed by atoms with Gasteiger partial charge in [0.15, 0.2) is 0 Å². The van der Waals surface area contributed by atoms with E-state index in [0.29, 0.717) is 11.9 Å². The third-order valence-corrected chi connectivity index (χ3v) is 6.12. The molecule has 21 heavy (non-hydrogen) atoms. The average Bonchev–Trinajstić information content (AvgIpc) is 3.24. The largest absolute Gasteiger partial charge is 0.342 e. The summed E-state index contributed by atoms with van der Waals surface area (Å²) >= 11 is 0. The zero-order valence-electron chi connectivity index (χ0n) is 13.0. The van der Waals surface area contributed by atoms with Crippen LogP contribution in [0.5, 0.6) is 0 Å². The Bertz CT molecular complexity index is 413. The van der Waals surface area contributed by atoms with Crippen molar-refractivity contribution in [3.05, 3.63) is 12.2 Å². The molecule has 0 radical (unpaired) electrons. The molecule has 0 N–H and O–H groups in total. The van der Waals surface area contributed by atoms with Crippen molar-refractivity contribution >= 4 is 5.91 Å². The van der Waals surface area contributed by atoms with Crippen LogP contribution in [-0.2, 0) is 4.79 Å². The van der Waals surface area contributed by atoms with Gasteiger partial charge >= 0.3 is 0 Å². The maximum absolute atomic E-state index is 12.3. The number of rotatable bonds is 3. The lowest BCUT2D eigenvalue weighted by Gasteiger charge is -2.27. The number of hydrogen-bond donors (Lipinski definition) is 0. The summed E-state index contributed by atoms with van der Waals surface area (Å²) in [7, 11) is 0. The van der Waals surface area contributed by atoms with E-state index < -0.39 is 0 Å². The molecule has 0 aromatic heterocycles. The molecule has 1 amide bonds. The highest BCUT2D eigenvalue weighted by Gasteiger charge is 2.37. The molecule has 0 aromatic rings. The molecule has 116 valence electrons. The van der Waals surface area contributed by atoms with Gasteiger partial charge in [-0.05, 0) is 56.3 Å². The van der Waals surface area contributed by atoms with Gasteiger partial charge in [-0.25, -0.2) is 0 Å². The van der Waals surface area contributed by atoms with Gasteiger partial charge in [-0.15, -0.1) is 0 Å². The predicted octanol–water partition coefficient (Wildman–Crippen LogP) is 2.68. The maximum Gasteiger partial charge on any atom is 0.222 e. The number of carbonyl (C=O) groups is 1. The van der Waals surface area contributed by atoms with Crippen molar-refractivity contribution in [2.75, 3.05) is 26.2 Å². The van der Waals surface area contributed by atoms with Gasteiger partial charge in [-0.2, -0.15) is 0 Å². The molecule has 1 unspecified atom stereocenters. The van der Waals surface area contributed by atoms with Crippen molar-refractivity contribution in [2.24, 2.45) is 17.8 Å². The molecular formula is C18H28N2O. The molecule has 2 heterocycles. The van der Waals surface area contributed by atoms with Crippen molar-refractivity contribution in [3.8, 4) is 0 Å². The lowest BCUT2D eigenvalue weighted by atomic mass is 9.86. The zero-order chi connectivity index (χ0) is 14.2. The summed E-state index contributed by atoms with van der Waals surface area (Å²) in [5.74, 6) is 3.02. The smallest absolute Gasteiger partial charge is 0.222 e. The van der Waals surface area contributed by atoms with Crippen molar-refractivity contribution in [2.45, 2.75) is 51.0 Å². The van der Waals surface area contributed by atoms with E-state index >= 15 is 0 Å². The fourth-order valence-electron chi connectivity index (χ4n) is 4.54. The Labute approximate surface area is 128 Å². The van der Waals surface area contributed by atoms with Crippen LogP contribution in [0.25, 0.3) is 0 Å². The molecule has 2 saturated heterocycles. The van der Waals surface area contributed by atoms with Crippen LogP contribution in [0.3, 0.4) is 0 Å². The van der Waals surface area contributed by atoms with Crippen LogP contribution in [-0.4, -0.2) is 47.9 Å². The number of hydrogen-bond acceptors (Lipinski definition) is 2. The lowest BCUT2D eigenvalue weighted by molar-refractivity contribution is -0.130. The number of nitrogens with zero attached hydrogens (tertiary/aromatic N) is 2. The summed E-state index contributed by atoms with van der Waals surface area (Å²) in [6.45, 7) is 4.60. The third-order valence-electron chi connectivity index (χ3n) is 6.12. The average molecular weight is 288 g/mol. The minimum atomic E-state index is 0.419. The van der Waals surface area contributed by atoms with Gasteiger partial charge in [0.2, 0.25) is 5.91 Å². The van der Waals surface area contributed by atoms with Crippen molar-refractivity contribution in [1.29, 1.82) is 0 Å². The topological polar surface area (TPSA) is 23.6 Å². The van der Waals surface area contributed by atoms with E-state index in [1.807, 2.05) is 0 Å². The summed E-state index contributed by atoms with van der Waals surface area (Å²) in [6, 6.07) is 0.656. The van der Waals surface area contributed by atoms with Crippen LogP contribution in [0.1, 0.15) is 44.9 Å². The number of carbonyl (C=O) groups excluding carboxylic acids is 1. The number of amides is 1. The van der Waals surface area contributed by atoms with E-state index in [9.17, 15) is 4.79 Å². The van der Waals surface area contributed by atoms with E-state index in [1.165, 1.54) is 45.2 Å². The second-order valence-corrected chi connectivity index (χ2v) is 7.68. The van der Waals surface area contributed by atoms with Crippen molar-refractivity contribution in [1.82, 2.24) is 9.80 Å². The summed E-state index contributed by atoms with van der Waals surface area (Å²) in [4.78, 5) is 17.2. The number of fused-ring (bicyclic) bond motifs is 1. The van der Waals surface area contributed by atoms with E-state index in [-0.39, 0.29) is 0 Å². The van der Waals surface area contributed by atoms with Crippen LogP contribution in [0.4, 0.5) is 0 Å². The molecule has 0 aromatic carbocycles. The second-order valence-electron chi connectivity index (χ2n) is 7.68. The fraction of sp³-hybridized carbons (Fsp3) is 0.833.